The minimum atomic E-state index is 0.398. The zero-order chi connectivity index (χ0) is 13.8. The molecular formula is C15H27N3S. The molecule has 0 amide bonds. The lowest BCUT2D eigenvalue weighted by Gasteiger charge is -2.26. The molecule has 0 aromatic carbocycles. The van der Waals surface area contributed by atoms with Gasteiger partial charge in [-0.2, -0.15) is 0 Å². The smallest absolute Gasteiger partial charge is 0.185 e. The Morgan fingerprint density at radius 1 is 1.37 bits per heavy atom. The van der Waals surface area contributed by atoms with Gasteiger partial charge in [-0.3, -0.25) is 0 Å². The van der Waals surface area contributed by atoms with Crippen molar-refractivity contribution in [3.8, 4) is 0 Å². The van der Waals surface area contributed by atoms with E-state index in [1.807, 2.05) is 18.4 Å². The maximum Gasteiger partial charge on any atom is 0.185 e. The van der Waals surface area contributed by atoms with Crippen molar-refractivity contribution in [3.63, 3.8) is 0 Å². The van der Waals surface area contributed by atoms with Gasteiger partial charge in [0.2, 0.25) is 0 Å². The van der Waals surface area contributed by atoms with Gasteiger partial charge < -0.3 is 10.2 Å². The van der Waals surface area contributed by atoms with Gasteiger partial charge in [0.15, 0.2) is 5.13 Å². The van der Waals surface area contributed by atoms with E-state index in [2.05, 4.69) is 31.1 Å². The molecule has 3 nitrogen and oxygen atoms in total. The average molecular weight is 281 g/mol. The molecule has 108 valence electrons. The number of nitrogens with one attached hydrogen (secondary N) is 1. The Kier molecular flexibility index (Phi) is 5.22. The minimum Gasteiger partial charge on any atom is -0.351 e. The number of hydrogen-bond acceptors (Lipinski definition) is 4. The predicted molar refractivity (Wildman–Crippen MR) is 84.2 cm³/mol. The summed E-state index contributed by atoms with van der Waals surface area (Å²) in [6, 6.07) is 0.398. The first-order valence-corrected chi connectivity index (χ1v) is 8.29. The Labute approximate surface area is 121 Å². The van der Waals surface area contributed by atoms with E-state index in [1.54, 1.807) is 0 Å². The van der Waals surface area contributed by atoms with Crippen LogP contribution < -0.4 is 10.2 Å². The molecule has 0 aliphatic heterocycles. The van der Waals surface area contributed by atoms with E-state index in [-0.39, 0.29) is 0 Å². The molecule has 0 bridgehead atoms. The van der Waals surface area contributed by atoms with Crippen LogP contribution in [0.4, 0.5) is 5.13 Å². The minimum absolute atomic E-state index is 0.398. The van der Waals surface area contributed by atoms with E-state index in [0.29, 0.717) is 6.04 Å². The fourth-order valence-corrected chi connectivity index (χ4v) is 4.02. The SMILES string of the molecule is CNC(C)c1sc(N(C)CC2CCCCC2)nc1C. The van der Waals surface area contributed by atoms with Gasteiger partial charge in [-0.25, -0.2) is 4.98 Å². The molecule has 1 unspecified atom stereocenters. The Morgan fingerprint density at radius 3 is 2.68 bits per heavy atom. The first-order valence-electron chi connectivity index (χ1n) is 7.47. The zero-order valence-corrected chi connectivity index (χ0v) is 13.5. The van der Waals surface area contributed by atoms with Gasteiger partial charge >= 0.3 is 0 Å². The average Bonchev–Trinajstić information content (AvgIpc) is 2.81. The first kappa shape index (κ1) is 14.8. The molecule has 19 heavy (non-hydrogen) atoms. The monoisotopic (exact) mass is 281 g/mol. The second kappa shape index (κ2) is 6.71. The Hall–Kier alpha value is -0.610. The van der Waals surface area contributed by atoms with E-state index in [9.17, 15) is 0 Å². The van der Waals surface area contributed by atoms with Crippen LogP contribution in [0.2, 0.25) is 0 Å². The number of nitrogens with zero attached hydrogens (tertiary/aromatic N) is 2. The molecule has 1 N–H and O–H groups in total. The second-order valence-corrected chi connectivity index (χ2v) is 6.85. The molecule has 1 aliphatic carbocycles. The number of aryl methyl sites for hydroxylation is 1. The second-order valence-electron chi connectivity index (χ2n) is 5.84. The highest BCUT2D eigenvalue weighted by Crippen LogP contribution is 2.32. The van der Waals surface area contributed by atoms with E-state index >= 15 is 0 Å². The standard InChI is InChI=1S/C15H27N3S/c1-11(16-3)14-12(2)17-15(19-14)18(4)10-13-8-6-5-7-9-13/h11,13,16H,5-10H2,1-4H3. The summed E-state index contributed by atoms with van der Waals surface area (Å²) in [6.07, 6.45) is 7.05. The van der Waals surface area contributed by atoms with Crippen LogP contribution in [0.3, 0.4) is 0 Å². The molecule has 2 rings (SSSR count). The van der Waals surface area contributed by atoms with Crippen LogP contribution in [-0.4, -0.2) is 25.6 Å². The van der Waals surface area contributed by atoms with Crippen molar-refractivity contribution < 1.29 is 0 Å². The first-order chi connectivity index (χ1) is 9.11. The van der Waals surface area contributed by atoms with Crippen LogP contribution in [-0.2, 0) is 0 Å². The van der Waals surface area contributed by atoms with E-state index in [1.165, 1.54) is 54.4 Å². The molecule has 1 aromatic heterocycles. The maximum absolute atomic E-state index is 4.75. The van der Waals surface area contributed by atoms with Crippen molar-refractivity contribution in [2.45, 2.75) is 52.0 Å². The van der Waals surface area contributed by atoms with Crippen LogP contribution in [0.15, 0.2) is 0 Å². The molecular weight excluding hydrogens is 254 g/mol. The molecule has 1 aromatic rings. The van der Waals surface area contributed by atoms with Gasteiger partial charge in [0.25, 0.3) is 0 Å². The summed E-state index contributed by atoms with van der Waals surface area (Å²) < 4.78 is 0. The molecule has 0 saturated heterocycles. The largest absolute Gasteiger partial charge is 0.351 e. The summed E-state index contributed by atoms with van der Waals surface area (Å²) in [7, 11) is 4.20. The van der Waals surface area contributed by atoms with Gasteiger partial charge in [0.05, 0.1) is 5.69 Å². The van der Waals surface area contributed by atoms with Gasteiger partial charge in [0.1, 0.15) is 0 Å². The van der Waals surface area contributed by atoms with Crippen LogP contribution >= 0.6 is 11.3 Å². The highest BCUT2D eigenvalue weighted by atomic mass is 32.1. The summed E-state index contributed by atoms with van der Waals surface area (Å²) in [4.78, 5) is 8.48. The van der Waals surface area contributed by atoms with Crippen molar-refractivity contribution in [2.75, 3.05) is 25.5 Å². The van der Waals surface area contributed by atoms with Gasteiger partial charge in [-0.05, 0) is 39.7 Å². The fourth-order valence-electron chi connectivity index (χ4n) is 2.92. The van der Waals surface area contributed by atoms with Crippen LogP contribution in [0.5, 0.6) is 0 Å². The van der Waals surface area contributed by atoms with Crippen LogP contribution in [0.1, 0.15) is 55.6 Å². The van der Waals surface area contributed by atoms with Crippen molar-refractivity contribution in [3.05, 3.63) is 10.6 Å². The van der Waals surface area contributed by atoms with Crippen LogP contribution in [0, 0.1) is 12.8 Å². The summed E-state index contributed by atoms with van der Waals surface area (Å²) in [5.74, 6) is 0.869. The number of rotatable bonds is 5. The zero-order valence-electron chi connectivity index (χ0n) is 12.7. The number of aromatic nitrogens is 1. The highest BCUT2D eigenvalue weighted by Gasteiger charge is 2.19. The van der Waals surface area contributed by atoms with E-state index in [4.69, 9.17) is 4.98 Å². The number of anilines is 1. The Balaban J connectivity index is 2.00. The molecule has 4 heteroatoms. The number of thiazole rings is 1. The molecule has 1 fully saturated rings. The third-order valence-corrected chi connectivity index (χ3v) is 5.69. The van der Waals surface area contributed by atoms with E-state index < -0.39 is 0 Å². The lowest BCUT2D eigenvalue weighted by Crippen LogP contribution is -2.26. The van der Waals surface area contributed by atoms with Gasteiger partial charge in [0, 0.05) is 24.5 Å². The van der Waals surface area contributed by atoms with Gasteiger partial charge in [-0.1, -0.05) is 19.3 Å². The van der Waals surface area contributed by atoms with Gasteiger partial charge in [-0.15, -0.1) is 11.3 Å². The third-order valence-electron chi connectivity index (χ3n) is 4.23. The van der Waals surface area contributed by atoms with Crippen molar-refractivity contribution >= 4 is 16.5 Å². The Bertz CT molecular complexity index is 396. The van der Waals surface area contributed by atoms with Crippen molar-refractivity contribution in [1.82, 2.24) is 10.3 Å². The molecule has 0 spiro atoms. The normalized spacial score (nSPS) is 18.5. The van der Waals surface area contributed by atoms with E-state index in [0.717, 1.165) is 5.92 Å². The van der Waals surface area contributed by atoms with Crippen molar-refractivity contribution in [1.29, 1.82) is 0 Å². The highest BCUT2D eigenvalue weighted by molar-refractivity contribution is 7.15. The molecule has 1 heterocycles. The number of hydrogen-bond donors (Lipinski definition) is 1. The summed E-state index contributed by atoms with van der Waals surface area (Å²) >= 11 is 1.84. The lowest BCUT2D eigenvalue weighted by atomic mass is 9.89. The quantitative estimate of drug-likeness (QED) is 0.891. The molecule has 1 saturated carbocycles. The summed E-state index contributed by atoms with van der Waals surface area (Å²) in [5.41, 5.74) is 1.18. The fraction of sp³-hybridized carbons (Fsp3) is 0.800. The summed E-state index contributed by atoms with van der Waals surface area (Å²) in [5, 5.41) is 4.49. The lowest BCUT2D eigenvalue weighted by molar-refractivity contribution is 0.362. The third kappa shape index (κ3) is 3.69. The van der Waals surface area contributed by atoms with Crippen molar-refractivity contribution in [2.24, 2.45) is 5.92 Å². The van der Waals surface area contributed by atoms with Crippen LogP contribution in [0.25, 0.3) is 0 Å². The summed E-state index contributed by atoms with van der Waals surface area (Å²) in [6.45, 7) is 5.49. The molecule has 0 radical (unpaired) electrons. The predicted octanol–water partition coefficient (Wildman–Crippen LogP) is 3.75. The molecule has 1 atom stereocenters. The maximum atomic E-state index is 4.75. The topological polar surface area (TPSA) is 28.2 Å². The molecule has 1 aliphatic rings. The Morgan fingerprint density at radius 2 is 2.05 bits per heavy atom.